The SMILES string of the molecule is CC(=O)c1ccccc1OCCn1cc(C(C)N)nn1. The van der Waals surface area contributed by atoms with Crippen LogP contribution >= 0.6 is 0 Å². The Balaban J connectivity index is 1.94. The van der Waals surface area contributed by atoms with Crippen LogP contribution < -0.4 is 10.5 Å². The number of ether oxygens (including phenoxy) is 1. The molecule has 20 heavy (non-hydrogen) atoms. The molecule has 6 nitrogen and oxygen atoms in total. The van der Waals surface area contributed by atoms with Gasteiger partial charge >= 0.3 is 0 Å². The van der Waals surface area contributed by atoms with Crippen molar-refractivity contribution in [3.05, 3.63) is 41.7 Å². The number of nitrogens with two attached hydrogens (primary N) is 1. The van der Waals surface area contributed by atoms with Crippen LogP contribution in [0.2, 0.25) is 0 Å². The number of ketones is 1. The van der Waals surface area contributed by atoms with Crippen LogP contribution in [0, 0.1) is 0 Å². The molecule has 2 rings (SSSR count). The van der Waals surface area contributed by atoms with E-state index in [2.05, 4.69) is 10.3 Å². The molecule has 106 valence electrons. The Morgan fingerprint density at radius 1 is 1.45 bits per heavy atom. The molecular weight excluding hydrogens is 256 g/mol. The lowest BCUT2D eigenvalue weighted by Crippen LogP contribution is -2.10. The Hall–Kier alpha value is -2.21. The first kappa shape index (κ1) is 14.2. The Kier molecular flexibility index (Phi) is 4.47. The zero-order valence-corrected chi connectivity index (χ0v) is 11.6. The van der Waals surface area contributed by atoms with Gasteiger partial charge in [-0.3, -0.25) is 4.79 Å². The number of para-hydroxylation sites is 1. The normalized spacial score (nSPS) is 12.2. The van der Waals surface area contributed by atoms with Crippen molar-refractivity contribution in [3.8, 4) is 5.75 Å². The van der Waals surface area contributed by atoms with Crippen molar-refractivity contribution in [1.82, 2.24) is 15.0 Å². The first-order valence-corrected chi connectivity index (χ1v) is 6.46. The lowest BCUT2D eigenvalue weighted by atomic mass is 10.1. The van der Waals surface area contributed by atoms with Gasteiger partial charge in [0, 0.05) is 6.04 Å². The van der Waals surface area contributed by atoms with Gasteiger partial charge in [0.15, 0.2) is 5.78 Å². The molecule has 1 heterocycles. The molecule has 1 aromatic heterocycles. The quantitative estimate of drug-likeness (QED) is 0.809. The number of carbonyl (C=O) groups is 1. The summed E-state index contributed by atoms with van der Waals surface area (Å²) >= 11 is 0. The number of hydrogen-bond acceptors (Lipinski definition) is 5. The molecule has 0 bridgehead atoms. The summed E-state index contributed by atoms with van der Waals surface area (Å²) in [4.78, 5) is 11.5. The van der Waals surface area contributed by atoms with E-state index in [0.717, 1.165) is 5.69 Å². The molecular formula is C14H18N4O2. The maximum atomic E-state index is 11.5. The van der Waals surface area contributed by atoms with Crippen molar-refractivity contribution >= 4 is 5.78 Å². The smallest absolute Gasteiger partial charge is 0.163 e. The third-order valence-electron chi connectivity index (χ3n) is 2.87. The highest BCUT2D eigenvalue weighted by molar-refractivity contribution is 5.96. The lowest BCUT2D eigenvalue weighted by Gasteiger charge is -2.09. The molecule has 6 heteroatoms. The minimum Gasteiger partial charge on any atom is -0.491 e. The second kappa shape index (κ2) is 6.29. The second-order valence-electron chi connectivity index (χ2n) is 4.60. The highest BCUT2D eigenvalue weighted by Crippen LogP contribution is 2.18. The van der Waals surface area contributed by atoms with E-state index < -0.39 is 0 Å². The van der Waals surface area contributed by atoms with Gasteiger partial charge in [-0.25, -0.2) is 4.68 Å². The van der Waals surface area contributed by atoms with Gasteiger partial charge in [0.1, 0.15) is 12.4 Å². The van der Waals surface area contributed by atoms with Gasteiger partial charge < -0.3 is 10.5 Å². The molecule has 0 amide bonds. The van der Waals surface area contributed by atoms with E-state index in [1.54, 1.807) is 23.0 Å². The minimum absolute atomic E-state index is 0.0133. The Labute approximate surface area is 117 Å². The van der Waals surface area contributed by atoms with Crippen molar-refractivity contribution in [2.75, 3.05) is 6.61 Å². The third kappa shape index (κ3) is 3.42. The Morgan fingerprint density at radius 3 is 2.85 bits per heavy atom. The van der Waals surface area contributed by atoms with Gasteiger partial charge in [-0.1, -0.05) is 17.3 Å². The third-order valence-corrected chi connectivity index (χ3v) is 2.87. The number of aromatic nitrogens is 3. The zero-order valence-electron chi connectivity index (χ0n) is 11.6. The van der Waals surface area contributed by atoms with Crippen LogP contribution in [-0.4, -0.2) is 27.4 Å². The van der Waals surface area contributed by atoms with E-state index in [1.807, 2.05) is 19.1 Å². The average Bonchev–Trinajstić information content (AvgIpc) is 2.88. The molecule has 0 aliphatic heterocycles. The number of benzene rings is 1. The summed E-state index contributed by atoms with van der Waals surface area (Å²) in [5.41, 5.74) is 7.05. The first-order chi connectivity index (χ1) is 9.58. The summed E-state index contributed by atoms with van der Waals surface area (Å²) in [6, 6.07) is 7.05. The van der Waals surface area contributed by atoms with Crippen molar-refractivity contribution in [1.29, 1.82) is 0 Å². The number of nitrogens with zero attached hydrogens (tertiary/aromatic N) is 3. The minimum atomic E-state index is -0.136. The fraction of sp³-hybridized carbons (Fsp3) is 0.357. The predicted molar refractivity (Wildman–Crippen MR) is 74.6 cm³/mol. The van der Waals surface area contributed by atoms with Crippen molar-refractivity contribution < 1.29 is 9.53 Å². The van der Waals surface area contributed by atoms with E-state index in [-0.39, 0.29) is 11.8 Å². The van der Waals surface area contributed by atoms with Gasteiger partial charge in [-0.05, 0) is 26.0 Å². The number of carbonyl (C=O) groups excluding carboxylic acids is 1. The molecule has 2 N–H and O–H groups in total. The van der Waals surface area contributed by atoms with E-state index in [9.17, 15) is 4.79 Å². The van der Waals surface area contributed by atoms with Crippen LogP contribution in [0.1, 0.15) is 35.9 Å². The second-order valence-corrected chi connectivity index (χ2v) is 4.60. The van der Waals surface area contributed by atoms with Crippen LogP contribution in [0.15, 0.2) is 30.5 Å². The van der Waals surface area contributed by atoms with Gasteiger partial charge in [0.25, 0.3) is 0 Å². The predicted octanol–water partition coefficient (Wildman–Crippen LogP) is 1.58. The summed E-state index contributed by atoms with van der Waals surface area (Å²) in [7, 11) is 0. The highest BCUT2D eigenvalue weighted by Gasteiger charge is 2.08. The van der Waals surface area contributed by atoms with Crippen molar-refractivity contribution in [2.45, 2.75) is 26.4 Å². The zero-order chi connectivity index (χ0) is 14.5. The lowest BCUT2D eigenvalue weighted by molar-refractivity contribution is 0.101. The van der Waals surface area contributed by atoms with Crippen LogP contribution in [0.5, 0.6) is 5.75 Å². The molecule has 0 spiro atoms. The molecule has 1 unspecified atom stereocenters. The molecule has 0 aliphatic rings. The van der Waals surface area contributed by atoms with Gasteiger partial charge in [0.2, 0.25) is 0 Å². The fourth-order valence-corrected chi connectivity index (χ4v) is 1.76. The van der Waals surface area contributed by atoms with Gasteiger partial charge in [0.05, 0.1) is 24.0 Å². The highest BCUT2D eigenvalue weighted by atomic mass is 16.5. The Morgan fingerprint density at radius 2 is 2.20 bits per heavy atom. The maximum absolute atomic E-state index is 11.5. The summed E-state index contributed by atoms with van der Waals surface area (Å²) in [5.74, 6) is 0.577. The van der Waals surface area contributed by atoms with Crippen LogP contribution in [0.25, 0.3) is 0 Å². The Bertz CT molecular complexity index is 592. The van der Waals surface area contributed by atoms with Crippen LogP contribution in [-0.2, 0) is 6.54 Å². The van der Waals surface area contributed by atoms with Gasteiger partial charge in [-0.2, -0.15) is 0 Å². The van der Waals surface area contributed by atoms with Crippen LogP contribution in [0.4, 0.5) is 0 Å². The molecule has 0 saturated heterocycles. The molecule has 1 aromatic carbocycles. The monoisotopic (exact) mass is 274 g/mol. The van der Waals surface area contributed by atoms with E-state index >= 15 is 0 Å². The number of rotatable bonds is 6. The van der Waals surface area contributed by atoms with Crippen molar-refractivity contribution in [3.63, 3.8) is 0 Å². The van der Waals surface area contributed by atoms with Gasteiger partial charge in [-0.15, -0.1) is 5.10 Å². The largest absolute Gasteiger partial charge is 0.491 e. The van der Waals surface area contributed by atoms with Crippen molar-refractivity contribution in [2.24, 2.45) is 5.73 Å². The number of Topliss-reactive ketones (excluding diaryl/α,β-unsaturated/α-hetero) is 1. The molecule has 0 aliphatic carbocycles. The van der Waals surface area contributed by atoms with Crippen LogP contribution in [0.3, 0.4) is 0 Å². The van der Waals surface area contributed by atoms with E-state index in [4.69, 9.17) is 10.5 Å². The molecule has 0 fully saturated rings. The first-order valence-electron chi connectivity index (χ1n) is 6.46. The summed E-state index contributed by atoms with van der Waals surface area (Å²) in [5, 5.41) is 7.93. The molecule has 0 radical (unpaired) electrons. The summed E-state index contributed by atoms with van der Waals surface area (Å²) < 4.78 is 7.31. The standard InChI is InChI=1S/C14H18N4O2/c1-10(15)13-9-18(17-16-13)7-8-20-14-6-4-3-5-12(14)11(2)19/h3-6,9-10H,7-8,15H2,1-2H3. The summed E-state index contributed by atoms with van der Waals surface area (Å²) in [6.45, 7) is 4.33. The molecule has 1 atom stereocenters. The topological polar surface area (TPSA) is 83.0 Å². The molecule has 2 aromatic rings. The van der Waals surface area contributed by atoms with E-state index in [0.29, 0.717) is 24.5 Å². The maximum Gasteiger partial charge on any atom is 0.163 e. The summed E-state index contributed by atoms with van der Waals surface area (Å²) in [6.07, 6.45) is 1.80. The molecule has 0 saturated carbocycles. The number of hydrogen-bond donors (Lipinski definition) is 1. The average molecular weight is 274 g/mol. The fourth-order valence-electron chi connectivity index (χ4n) is 1.76. The van der Waals surface area contributed by atoms with E-state index in [1.165, 1.54) is 6.92 Å².